The Hall–Kier alpha value is -1.55. The van der Waals surface area contributed by atoms with Crippen molar-refractivity contribution < 1.29 is 21.6 Å². The fraction of sp³-hybridized carbons (Fsp3) is 0.125. The summed E-state index contributed by atoms with van der Waals surface area (Å²) in [6.07, 6.45) is 0. The third kappa shape index (κ3) is 2.10. The maximum Gasteiger partial charge on any atom is 0.341 e. The quantitative estimate of drug-likeness (QED) is 0.733. The minimum atomic E-state index is -4.78. The highest BCUT2D eigenvalue weighted by Crippen LogP contribution is 2.20. The first-order valence-corrected chi connectivity index (χ1v) is 5.16. The Morgan fingerprint density at radius 2 is 1.93 bits per heavy atom. The number of nitrogens with zero attached hydrogens (tertiary/aromatic N) is 1. The van der Waals surface area contributed by atoms with Crippen LogP contribution in [0.2, 0.25) is 0 Å². The summed E-state index contributed by atoms with van der Waals surface area (Å²) in [6, 6.07) is 3.30. The molecule has 0 spiro atoms. The summed E-state index contributed by atoms with van der Waals surface area (Å²) in [5.74, 6) is -4.54. The summed E-state index contributed by atoms with van der Waals surface area (Å²) < 4.78 is 58.8. The van der Waals surface area contributed by atoms with Gasteiger partial charge in [0.1, 0.15) is 11.9 Å². The topological polar surface area (TPSA) is 57.9 Å². The van der Waals surface area contributed by atoms with Crippen LogP contribution in [0, 0.1) is 17.1 Å². The molecule has 1 aromatic rings. The van der Waals surface area contributed by atoms with Gasteiger partial charge in [-0.05, 0) is 18.2 Å². The summed E-state index contributed by atoms with van der Waals surface area (Å²) in [6.45, 7) is 0. The fourth-order valence-corrected chi connectivity index (χ4v) is 1.62. The Morgan fingerprint density at radius 3 is 2.40 bits per heavy atom. The molecule has 0 heterocycles. The molecule has 0 amide bonds. The van der Waals surface area contributed by atoms with Crippen molar-refractivity contribution in [2.75, 3.05) is 0 Å². The number of benzene rings is 1. The molecular weight excluding hydrogens is 231 g/mol. The standard InChI is InChI=1S/C8H4F3NO2S/c9-7-2-1-6(3-5(7)4-12)15(13,14)8(10)11/h1-3,8H. The number of sulfone groups is 1. The average Bonchev–Trinajstić information content (AvgIpc) is 2.18. The molecule has 0 aliphatic rings. The highest BCUT2D eigenvalue weighted by molar-refractivity contribution is 7.91. The molecule has 0 atom stereocenters. The minimum absolute atomic E-state index is 0.580. The summed E-state index contributed by atoms with van der Waals surface area (Å²) in [7, 11) is -4.78. The first-order valence-electron chi connectivity index (χ1n) is 3.61. The number of halogens is 3. The van der Waals surface area contributed by atoms with Gasteiger partial charge >= 0.3 is 5.76 Å². The zero-order valence-electron chi connectivity index (χ0n) is 7.12. The number of rotatable bonds is 2. The van der Waals surface area contributed by atoms with Crippen molar-refractivity contribution in [3.8, 4) is 6.07 Å². The van der Waals surface area contributed by atoms with Crippen molar-refractivity contribution in [3.05, 3.63) is 29.6 Å². The van der Waals surface area contributed by atoms with Gasteiger partial charge in [0, 0.05) is 0 Å². The van der Waals surface area contributed by atoms with E-state index in [0.717, 1.165) is 0 Å². The second-order valence-electron chi connectivity index (χ2n) is 2.56. The van der Waals surface area contributed by atoms with Crippen LogP contribution < -0.4 is 0 Å². The van der Waals surface area contributed by atoms with Gasteiger partial charge in [0.25, 0.3) is 0 Å². The van der Waals surface area contributed by atoms with Crippen LogP contribution in [0.4, 0.5) is 13.2 Å². The van der Waals surface area contributed by atoms with Gasteiger partial charge in [0.05, 0.1) is 10.5 Å². The molecule has 7 heteroatoms. The number of nitriles is 1. The van der Waals surface area contributed by atoms with Crippen molar-refractivity contribution >= 4 is 9.84 Å². The average molecular weight is 235 g/mol. The summed E-state index contributed by atoms with van der Waals surface area (Å²) in [4.78, 5) is -0.768. The van der Waals surface area contributed by atoms with Crippen LogP contribution in [0.3, 0.4) is 0 Å². The molecule has 3 nitrogen and oxygen atoms in total. The van der Waals surface area contributed by atoms with Gasteiger partial charge in [0.15, 0.2) is 0 Å². The lowest BCUT2D eigenvalue weighted by atomic mass is 10.2. The van der Waals surface area contributed by atoms with E-state index in [9.17, 15) is 21.6 Å². The van der Waals surface area contributed by atoms with Crippen molar-refractivity contribution in [1.82, 2.24) is 0 Å². The Morgan fingerprint density at radius 1 is 1.33 bits per heavy atom. The highest BCUT2D eigenvalue weighted by Gasteiger charge is 2.27. The monoisotopic (exact) mass is 235 g/mol. The van der Waals surface area contributed by atoms with Gasteiger partial charge in [-0.25, -0.2) is 12.8 Å². The van der Waals surface area contributed by atoms with Gasteiger partial charge in [-0.2, -0.15) is 14.0 Å². The summed E-state index contributed by atoms with van der Waals surface area (Å²) in [5.41, 5.74) is -0.586. The molecular formula is C8H4F3NO2S. The smallest absolute Gasteiger partial charge is 0.218 e. The predicted octanol–water partition coefficient (Wildman–Crippen LogP) is 1.69. The Labute approximate surface area is 83.7 Å². The number of hydrogen-bond acceptors (Lipinski definition) is 3. The molecule has 0 aromatic heterocycles. The van der Waals surface area contributed by atoms with Crippen LogP contribution in [0.25, 0.3) is 0 Å². The Kier molecular flexibility index (Phi) is 3.00. The second kappa shape index (κ2) is 3.90. The van der Waals surface area contributed by atoms with E-state index in [4.69, 9.17) is 5.26 Å². The van der Waals surface area contributed by atoms with Crippen LogP contribution in [0.5, 0.6) is 0 Å². The molecule has 0 saturated heterocycles. The molecule has 0 aliphatic carbocycles. The Balaban J connectivity index is 3.37. The van der Waals surface area contributed by atoms with E-state index in [2.05, 4.69) is 0 Å². The SMILES string of the molecule is N#Cc1cc(S(=O)(=O)C(F)F)ccc1F. The number of alkyl halides is 2. The molecule has 0 saturated carbocycles. The van der Waals surface area contributed by atoms with Crippen LogP contribution in [0.15, 0.2) is 23.1 Å². The molecule has 0 unspecified atom stereocenters. The molecule has 0 radical (unpaired) electrons. The summed E-state index contributed by atoms with van der Waals surface area (Å²) in [5, 5.41) is 8.37. The van der Waals surface area contributed by atoms with E-state index in [-0.39, 0.29) is 0 Å². The van der Waals surface area contributed by atoms with Gasteiger partial charge in [0.2, 0.25) is 9.84 Å². The van der Waals surface area contributed by atoms with Crippen LogP contribution >= 0.6 is 0 Å². The van der Waals surface area contributed by atoms with Crippen LogP contribution in [0.1, 0.15) is 5.56 Å². The predicted molar refractivity (Wildman–Crippen MR) is 44.3 cm³/mol. The third-order valence-electron chi connectivity index (χ3n) is 1.62. The molecule has 0 fully saturated rings. The van der Waals surface area contributed by atoms with E-state index < -0.39 is 31.9 Å². The second-order valence-corrected chi connectivity index (χ2v) is 4.48. The first-order chi connectivity index (χ1) is 6.89. The molecule has 0 N–H and O–H groups in total. The third-order valence-corrected chi connectivity index (χ3v) is 3.00. The zero-order valence-corrected chi connectivity index (χ0v) is 7.93. The van der Waals surface area contributed by atoms with Gasteiger partial charge in [-0.1, -0.05) is 0 Å². The zero-order chi connectivity index (χ0) is 11.6. The van der Waals surface area contributed by atoms with E-state index in [1.54, 1.807) is 0 Å². The lowest BCUT2D eigenvalue weighted by molar-refractivity contribution is 0.234. The van der Waals surface area contributed by atoms with Gasteiger partial charge in [-0.3, -0.25) is 0 Å². The number of hydrogen-bond donors (Lipinski definition) is 0. The van der Waals surface area contributed by atoms with Crippen molar-refractivity contribution in [2.45, 2.75) is 10.7 Å². The molecule has 1 aromatic carbocycles. The van der Waals surface area contributed by atoms with Gasteiger partial charge < -0.3 is 0 Å². The van der Waals surface area contributed by atoms with Crippen molar-refractivity contribution in [1.29, 1.82) is 5.26 Å². The lowest BCUT2D eigenvalue weighted by Gasteiger charge is -2.03. The van der Waals surface area contributed by atoms with Crippen LogP contribution in [-0.4, -0.2) is 14.2 Å². The molecule has 0 bridgehead atoms. The Bertz CT molecular complexity index is 519. The maximum atomic E-state index is 12.8. The van der Waals surface area contributed by atoms with E-state index in [1.807, 2.05) is 0 Å². The highest BCUT2D eigenvalue weighted by atomic mass is 32.2. The largest absolute Gasteiger partial charge is 0.341 e. The molecule has 1 rings (SSSR count). The van der Waals surface area contributed by atoms with E-state index >= 15 is 0 Å². The lowest BCUT2D eigenvalue weighted by Crippen LogP contribution is -2.11. The molecule has 80 valence electrons. The fourth-order valence-electron chi connectivity index (χ4n) is 0.870. The molecule has 0 aliphatic heterocycles. The van der Waals surface area contributed by atoms with E-state index in [1.165, 1.54) is 6.07 Å². The maximum absolute atomic E-state index is 12.8. The first kappa shape index (κ1) is 11.5. The minimum Gasteiger partial charge on any atom is -0.218 e. The van der Waals surface area contributed by atoms with E-state index in [0.29, 0.717) is 18.2 Å². The van der Waals surface area contributed by atoms with Crippen molar-refractivity contribution in [3.63, 3.8) is 0 Å². The van der Waals surface area contributed by atoms with Crippen molar-refractivity contribution in [2.24, 2.45) is 0 Å². The summed E-state index contributed by atoms with van der Waals surface area (Å²) >= 11 is 0. The normalized spacial score (nSPS) is 11.4. The molecule has 15 heavy (non-hydrogen) atoms. The van der Waals surface area contributed by atoms with Gasteiger partial charge in [-0.15, -0.1) is 0 Å². The van der Waals surface area contributed by atoms with Crippen LogP contribution in [-0.2, 0) is 9.84 Å².